The number of fused-ring (bicyclic) bond motifs is 1. The highest BCUT2D eigenvalue weighted by Crippen LogP contribution is 2.33. The van der Waals surface area contributed by atoms with Crippen LogP contribution in [0, 0.1) is 17.1 Å². The molecule has 4 heteroatoms. The summed E-state index contributed by atoms with van der Waals surface area (Å²) >= 11 is 0. The second-order valence-electron chi connectivity index (χ2n) is 4.95. The Bertz CT molecular complexity index is 884. The highest BCUT2D eigenvalue weighted by Gasteiger charge is 2.15. The van der Waals surface area contributed by atoms with Gasteiger partial charge in [-0.25, -0.2) is 4.39 Å². The first kappa shape index (κ1) is 14.2. The molecule has 0 bridgehead atoms. The van der Waals surface area contributed by atoms with Gasteiger partial charge in [0, 0.05) is 23.8 Å². The minimum absolute atomic E-state index is 0.0501. The summed E-state index contributed by atoms with van der Waals surface area (Å²) < 4.78 is 13.6. The summed E-state index contributed by atoms with van der Waals surface area (Å²) in [7, 11) is 0. The van der Waals surface area contributed by atoms with E-state index in [2.05, 4.69) is 11.1 Å². The third-order valence-electron chi connectivity index (χ3n) is 3.59. The molecule has 0 radical (unpaired) electrons. The Labute approximate surface area is 127 Å². The van der Waals surface area contributed by atoms with Crippen LogP contribution in [0.4, 0.5) is 4.39 Å². The van der Waals surface area contributed by atoms with Crippen LogP contribution in [0.25, 0.3) is 22.0 Å². The SMILES string of the molecule is N#Cc1cc(CCO)c(-c2cccc(F)c2)c2ncccc12. The minimum Gasteiger partial charge on any atom is -0.396 e. The van der Waals surface area contributed by atoms with Crippen LogP contribution >= 0.6 is 0 Å². The molecule has 3 rings (SSSR count). The summed E-state index contributed by atoms with van der Waals surface area (Å²) in [5, 5.41) is 19.4. The van der Waals surface area contributed by atoms with E-state index in [9.17, 15) is 14.8 Å². The van der Waals surface area contributed by atoms with E-state index in [-0.39, 0.29) is 12.4 Å². The third-order valence-corrected chi connectivity index (χ3v) is 3.59. The van der Waals surface area contributed by atoms with Gasteiger partial charge in [0.25, 0.3) is 0 Å². The van der Waals surface area contributed by atoms with E-state index in [0.29, 0.717) is 23.1 Å². The Balaban J connectivity index is 2.41. The average Bonchev–Trinajstić information content (AvgIpc) is 2.54. The molecule has 3 aromatic rings. The predicted octanol–water partition coefficient (Wildman–Crippen LogP) is 3.45. The minimum atomic E-state index is -0.333. The van der Waals surface area contributed by atoms with E-state index in [4.69, 9.17) is 0 Å². The zero-order valence-electron chi connectivity index (χ0n) is 11.8. The number of hydrogen-bond acceptors (Lipinski definition) is 3. The van der Waals surface area contributed by atoms with Crippen molar-refractivity contribution in [2.24, 2.45) is 0 Å². The normalized spacial score (nSPS) is 10.6. The summed E-state index contributed by atoms with van der Waals surface area (Å²) in [5.74, 6) is -0.333. The van der Waals surface area contributed by atoms with Crippen molar-refractivity contribution in [3.8, 4) is 17.2 Å². The van der Waals surface area contributed by atoms with Gasteiger partial charge in [0.15, 0.2) is 0 Å². The smallest absolute Gasteiger partial charge is 0.123 e. The zero-order chi connectivity index (χ0) is 15.5. The molecule has 0 fully saturated rings. The topological polar surface area (TPSA) is 56.9 Å². The lowest BCUT2D eigenvalue weighted by molar-refractivity contribution is 0.300. The second-order valence-corrected chi connectivity index (χ2v) is 4.95. The number of nitriles is 1. The number of hydrogen-bond donors (Lipinski definition) is 1. The molecule has 0 aliphatic heterocycles. The third kappa shape index (κ3) is 2.43. The number of rotatable bonds is 3. The molecule has 1 aromatic heterocycles. The van der Waals surface area contributed by atoms with Crippen LogP contribution in [0.5, 0.6) is 0 Å². The Kier molecular flexibility index (Phi) is 3.82. The van der Waals surface area contributed by atoms with Crippen LogP contribution in [0.3, 0.4) is 0 Å². The van der Waals surface area contributed by atoms with Gasteiger partial charge in [-0.1, -0.05) is 12.1 Å². The van der Waals surface area contributed by atoms with Gasteiger partial charge < -0.3 is 5.11 Å². The molecule has 1 N–H and O–H groups in total. The average molecular weight is 292 g/mol. The summed E-state index contributed by atoms with van der Waals surface area (Å²) in [5.41, 5.74) is 3.40. The van der Waals surface area contributed by atoms with E-state index < -0.39 is 0 Å². The van der Waals surface area contributed by atoms with Crippen LogP contribution in [0.1, 0.15) is 11.1 Å². The van der Waals surface area contributed by atoms with Crippen molar-refractivity contribution in [3.63, 3.8) is 0 Å². The fourth-order valence-corrected chi connectivity index (χ4v) is 2.67. The standard InChI is InChI=1S/C18H13FN2O/c19-15-4-1-3-12(10-15)17-13(6-8-22)9-14(11-20)16-5-2-7-21-18(16)17/h1-5,7,9-10,22H,6,8H2. The molecule has 3 nitrogen and oxygen atoms in total. The van der Waals surface area contributed by atoms with Crippen molar-refractivity contribution in [1.29, 1.82) is 5.26 Å². The molecule has 0 saturated heterocycles. The van der Waals surface area contributed by atoms with Gasteiger partial charge in [-0.15, -0.1) is 0 Å². The van der Waals surface area contributed by atoms with Crippen LogP contribution in [-0.2, 0) is 6.42 Å². The van der Waals surface area contributed by atoms with Gasteiger partial charge in [-0.2, -0.15) is 5.26 Å². The molecule has 0 amide bonds. The van der Waals surface area contributed by atoms with Crippen LogP contribution in [-0.4, -0.2) is 16.7 Å². The van der Waals surface area contributed by atoms with Crippen molar-refractivity contribution >= 4 is 10.9 Å². The first-order valence-electron chi connectivity index (χ1n) is 6.92. The lowest BCUT2D eigenvalue weighted by atomic mass is 9.92. The Morgan fingerprint density at radius 1 is 1.18 bits per heavy atom. The number of benzene rings is 2. The number of pyridine rings is 1. The van der Waals surface area contributed by atoms with Crippen molar-refractivity contribution in [2.45, 2.75) is 6.42 Å². The zero-order valence-corrected chi connectivity index (χ0v) is 11.8. The number of halogens is 1. The molecule has 0 unspecified atom stereocenters. The van der Waals surface area contributed by atoms with Crippen molar-refractivity contribution in [1.82, 2.24) is 4.98 Å². The monoisotopic (exact) mass is 292 g/mol. The molecular formula is C18H13FN2O. The van der Waals surface area contributed by atoms with E-state index in [1.807, 2.05) is 6.07 Å². The second kappa shape index (κ2) is 5.92. The number of nitrogens with zero attached hydrogens (tertiary/aromatic N) is 2. The molecule has 0 atom stereocenters. The highest BCUT2D eigenvalue weighted by molar-refractivity contribution is 5.98. The van der Waals surface area contributed by atoms with Crippen LogP contribution in [0.2, 0.25) is 0 Å². The first-order chi connectivity index (χ1) is 10.7. The molecule has 108 valence electrons. The van der Waals surface area contributed by atoms with Gasteiger partial charge in [0.05, 0.1) is 17.1 Å². The molecule has 0 spiro atoms. The van der Waals surface area contributed by atoms with Crippen molar-refractivity contribution in [2.75, 3.05) is 6.61 Å². The Hall–Kier alpha value is -2.77. The van der Waals surface area contributed by atoms with E-state index >= 15 is 0 Å². The van der Waals surface area contributed by atoms with E-state index in [0.717, 1.165) is 16.5 Å². The largest absolute Gasteiger partial charge is 0.396 e. The Morgan fingerprint density at radius 3 is 2.77 bits per heavy atom. The van der Waals surface area contributed by atoms with Gasteiger partial charge in [0.2, 0.25) is 0 Å². The predicted molar refractivity (Wildman–Crippen MR) is 82.6 cm³/mol. The van der Waals surface area contributed by atoms with Crippen LogP contribution in [0.15, 0.2) is 48.7 Å². The quantitative estimate of drug-likeness (QED) is 0.804. The Morgan fingerprint density at radius 2 is 2.05 bits per heavy atom. The maximum atomic E-state index is 13.6. The fraction of sp³-hybridized carbons (Fsp3) is 0.111. The molecular weight excluding hydrogens is 279 g/mol. The molecule has 22 heavy (non-hydrogen) atoms. The maximum absolute atomic E-state index is 13.6. The number of aromatic nitrogens is 1. The summed E-state index contributed by atoms with van der Waals surface area (Å²) in [6.45, 7) is -0.0501. The summed E-state index contributed by atoms with van der Waals surface area (Å²) in [6, 6.07) is 13.8. The molecule has 0 aliphatic carbocycles. The van der Waals surface area contributed by atoms with Crippen molar-refractivity contribution < 1.29 is 9.50 Å². The van der Waals surface area contributed by atoms with Gasteiger partial charge in [-0.05, 0) is 47.9 Å². The lowest BCUT2D eigenvalue weighted by Crippen LogP contribution is -1.99. The lowest BCUT2D eigenvalue weighted by Gasteiger charge is -2.13. The molecule has 0 saturated carbocycles. The van der Waals surface area contributed by atoms with Crippen molar-refractivity contribution in [3.05, 3.63) is 65.6 Å². The molecule has 0 aliphatic rings. The number of aliphatic hydroxyl groups is 1. The van der Waals surface area contributed by atoms with Gasteiger partial charge in [-0.3, -0.25) is 4.98 Å². The fourth-order valence-electron chi connectivity index (χ4n) is 2.67. The summed E-state index contributed by atoms with van der Waals surface area (Å²) in [6.07, 6.45) is 2.03. The maximum Gasteiger partial charge on any atom is 0.123 e. The highest BCUT2D eigenvalue weighted by atomic mass is 19.1. The van der Waals surface area contributed by atoms with Crippen LogP contribution < -0.4 is 0 Å². The van der Waals surface area contributed by atoms with Gasteiger partial charge in [0.1, 0.15) is 5.82 Å². The molecule has 1 heterocycles. The van der Waals surface area contributed by atoms with Gasteiger partial charge >= 0.3 is 0 Å². The summed E-state index contributed by atoms with van der Waals surface area (Å²) in [4.78, 5) is 4.38. The number of aliphatic hydroxyl groups excluding tert-OH is 1. The first-order valence-corrected chi connectivity index (χ1v) is 6.92. The van der Waals surface area contributed by atoms with E-state index in [1.165, 1.54) is 12.1 Å². The molecule has 2 aromatic carbocycles. The van der Waals surface area contributed by atoms with E-state index in [1.54, 1.807) is 30.5 Å².